The van der Waals surface area contributed by atoms with Gasteiger partial charge >= 0.3 is 0 Å². The van der Waals surface area contributed by atoms with Gasteiger partial charge in [-0.05, 0) is 22.0 Å². The van der Waals surface area contributed by atoms with Gasteiger partial charge in [-0.2, -0.15) is 0 Å². The van der Waals surface area contributed by atoms with Crippen LogP contribution < -0.4 is 5.32 Å². The molecular formula is C10H15BrN2O3. The number of hydrogen-bond acceptors (Lipinski definition) is 3. The Hall–Kier alpha value is -0.850. The maximum absolute atomic E-state index is 11.7. The zero-order valence-electron chi connectivity index (χ0n) is 9.24. The van der Waals surface area contributed by atoms with E-state index >= 15 is 0 Å². The molecule has 1 amide bonds. The van der Waals surface area contributed by atoms with E-state index < -0.39 is 6.10 Å². The van der Waals surface area contributed by atoms with Crippen molar-refractivity contribution >= 4 is 21.8 Å². The number of aromatic nitrogens is 1. The van der Waals surface area contributed by atoms with Crippen LogP contribution in [-0.2, 0) is 11.8 Å². The summed E-state index contributed by atoms with van der Waals surface area (Å²) >= 11 is 3.29. The second kappa shape index (κ2) is 6.03. The fourth-order valence-electron chi connectivity index (χ4n) is 1.30. The van der Waals surface area contributed by atoms with Crippen molar-refractivity contribution in [2.24, 2.45) is 7.05 Å². The van der Waals surface area contributed by atoms with Gasteiger partial charge in [0.2, 0.25) is 0 Å². The molecule has 1 heterocycles. The van der Waals surface area contributed by atoms with Crippen LogP contribution in [0.5, 0.6) is 0 Å². The molecule has 2 N–H and O–H groups in total. The van der Waals surface area contributed by atoms with Crippen molar-refractivity contribution in [3.05, 3.63) is 22.4 Å². The summed E-state index contributed by atoms with van der Waals surface area (Å²) in [4.78, 5) is 11.7. The van der Waals surface area contributed by atoms with Gasteiger partial charge < -0.3 is 19.7 Å². The second-order valence-electron chi connectivity index (χ2n) is 3.47. The van der Waals surface area contributed by atoms with Gasteiger partial charge in [-0.25, -0.2) is 0 Å². The minimum absolute atomic E-state index is 0.176. The average Bonchev–Trinajstić information content (AvgIpc) is 2.55. The van der Waals surface area contributed by atoms with Crippen molar-refractivity contribution in [3.8, 4) is 0 Å². The lowest BCUT2D eigenvalue weighted by atomic mass is 10.3. The molecule has 0 aromatic carbocycles. The summed E-state index contributed by atoms with van der Waals surface area (Å²) in [5.41, 5.74) is 0.538. The predicted octanol–water partition coefficient (Wildman–Crippen LogP) is 0.525. The van der Waals surface area contributed by atoms with E-state index in [1.165, 1.54) is 7.11 Å². The molecular weight excluding hydrogens is 276 g/mol. The molecule has 0 aliphatic heterocycles. The van der Waals surface area contributed by atoms with Gasteiger partial charge in [-0.3, -0.25) is 4.79 Å². The van der Waals surface area contributed by atoms with E-state index in [2.05, 4.69) is 21.2 Å². The molecule has 16 heavy (non-hydrogen) atoms. The molecule has 0 radical (unpaired) electrons. The molecule has 0 saturated heterocycles. The highest BCUT2D eigenvalue weighted by atomic mass is 79.9. The first-order valence-electron chi connectivity index (χ1n) is 4.81. The maximum atomic E-state index is 11.7. The lowest BCUT2D eigenvalue weighted by Crippen LogP contribution is -2.35. The third-order valence-corrected chi connectivity index (χ3v) is 2.50. The van der Waals surface area contributed by atoms with Crippen molar-refractivity contribution in [3.63, 3.8) is 0 Å². The first-order chi connectivity index (χ1) is 7.54. The quantitative estimate of drug-likeness (QED) is 0.831. The van der Waals surface area contributed by atoms with Gasteiger partial charge in [-0.1, -0.05) is 0 Å². The largest absolute Gasteiger partial charge is 0.389 e. The van der Waals surface area contributed by atoms with Crippen LogP contribution in [0.15, 0.2) is 16.7 Å². The minimum atomic E-state index is -0.683. The number of aliphatic hydroxyl groups excluding tert-OH is 1. The molecule has 5 nitrogen and oxygen atoms in total. The second-order valence-corrected chi connectivity index (χ2v) is 4.39. The SMILES string of the molecule is COCC(O)CNC(=O)c1cc(Br)cn1C. The van der Waals surface area contributed by atoms with E-state index in [0.717, 1.165) is 4.47 Å². The van der Waals surface area contributed by atoms with Gasteiger partial charge in [-0.15, -0.1) is 0 Å². The molecule has 0 saturated carbocycles. The Bertz CT molecular complexity index is 365. The van der Waals surface area contributed by atoms with Gasteiger partial charge in [0.25, 0.3) is 5.91 Å². The van der Waals surface area contributed by atoms with Gasteiger partial charge in [0.1, 0.15) is 5.69 Å². The molecule has 6 heteroatoms. The Morgan fingerprint density at radius 1 is 1.75 bits per heavy atom. The van der Waals surface area contributed by atoms with Crippen molar-refractivity contribution in [2.45, 2.75) is 6.10 Å². The Morgan fingerprint density at radius 3 is 2.94 bits per heavy atom. The number of carbonyl (C=O) groups is 1. The highest BCUT2D eigenvalue weighted by Gasteiger charge is 2.12. The average molecular weight is 291 g/mol. The lowest BCUT2D eigenvalue weighted by molar-refractivity contribution is 0.0608. The van der Waals surface area contributed by atoms with Crippen LogP contribution in [0.25, 0.3) is 0 Å². The van der Waals surface area contributed by atoms with Crippen LogP contribution in [0.2, 0.25) is 0 Å². The smallest absolute Gasteiger partial charge is 0.268 e. The van der Waals surface area contributed by atoms with Crippen molar-refractivity contribution in [2.75, 3.05) is 20.3 Å². The highest BCUT2D eigenvalue weighted by Crippen LogP contribution is 2.13. The number of halogens is 1. The van der Waals surface area contributed by atoms with E-state index in [1.54, 1.807) is 23.9 Å². The van der Waals surface area contributed by atoms with Crippen LogP contribution in [0.4, 0.5) is 0 Å². The van der Waals surface area contributed by atoms with E-state index in [4.69, 9.17) is 4.74 Å². The molecule has 1 aromatic rings. The number of rotatable bonds is 5. The van der Waals surface area contributed by atoms with Crippen LogP contribution in [0, 0.1) is 0 Å². The number of nitrogens with one attached hydrogen (secondary N) is 1. The zero-order chi connectivity index (χ0) is 12.1. The molecule has 1 atom stereocenters. The zero-order valence-corrected chi connectivity index (χ0v) is 10.8. The number of ether oxygens (including phenoxy) is 1. The summed E-state index contributed by atoms with van der Waals surface area (Å²) in [6, 6.07) is 1.72. The summed E-state index contributed by atoms with van der Waals surface area (Å²) in [6.07, 6.45) is 1.11. The van der Waals surface area contributed by atoms with Gasteiger partial charge in [0.15, 0.2) is 0 Å². The molecule has 0 spiro atoms. The molecule has 1 rings (SSSR count). The Labute approximate surface area is 103 Å². The summed E-state index contributed by atoms with van der Waals surface area (Å²) in [5, 5.41) is 12.0. The number of amides is 1. The normalized spacial score (nSPS) is 12.5. The van der Waals surface area contributed by atoms with Gasteiger partial charge in [0, 0.05) is 31.4 Å². The topological polar surface area (TPSA) is 63.5 Å². The third kappa shape index (κ3) is 3.62. The maximum Gasteiger partial charge on any atom is 0.268 e. The molecule has 0 fully saturated rings. The molecule has 0 bridgehead atoms. The molecule has 0 aliphatic carbocycles. The van der Waals surface area contributed by atoms with Crippen LogP contribution in [-0.4, -0.2) is 41.9 Å². The van der Waals surface area contributed by atoms with Crippen LogP contribution in [0.1, 0.15) is 10.5 Å². The highest BCUT2D eigenvalue weighted by molar-refractivity contribution is 9.10. The van der Waals surface area contributed by atoms with Crippen molar-refractivity contribution in [1.29, 1.82) is 0 Å². The van der Waals surface area contributed by atoms with E-state index in [-0.39, 0.29) is 19.1 Å². The van der Waals surface area contributed by atoms with E-state index in [9.17, 15) is 9.90 Å². The first-order valence-corrected chi connectivity index (χ1v) is 5.61. The third-order valence-electron chi connectivity index (χ3n) is 2.06. The Balaban J connectivity index is 2.50. The van der Waals surface area contributed by atoms with Crippen LogP contribution >= 0.6 is 15.9 Å². The lowest BCUT2D eigenvalue weighted by Gasteiger charge is -2.10. The molecule has 0 aliphatic rings. The Kier molecular flexibility index (Phi) is 4.98. The fraction of sp³-hybridized carbons (Fsp3) is 0.500. The van der Waals surface area contributed by atoms with Crippen molar-refractivity contribution in [1.82, 2.24) is 9.88 Å². The summed E-state index contributed by atoms with van der Waals surface area (Å²) in [5.74, 6) is -0.219. The molecule has 1 aromatic heterocycles. The molecule has 90 valence electrons. The van der Waals surface area contributed by atoms with Crippen molar-refractivity contribution < 1.29 is 14.6 Å². The number of nitrogens with zero attached hydrogens (tertiary/aromatic N) is 1. The number of hydrogen-bond donors (Lipinski definition) is 2. The summed E-state index contributed by atoms with van der Waals surface area (Å²) < 4.78 is 7.31. The number of methoxy groups -OCH3 is 1. The number of aryl methyl sites for hydroxylation is 1. The summed E-state index contributed by atoms with van der Waals surface area (Å²) in [7, 11) is 3.28. The van der Waals surface area contributed by atoms with Gasteiger partial charge in [0.05, 0.1) is 12.7 Å². The van der Waals surface area contributed by atoms with E-state index in [0.29, 0.717) is 5.69 Å². The first kappa shape index (κ1) is 13.2. The van der Waals surface area contributed by atoms with E-state index in [1.807, 2.05) is 0 Å². The van der Waals surface area contributed by atoms with Crippen LogP contribution in [0.3, 0.4) is 0 Å². The fourth-order valence-corrected chi connectivity index (χ4v) is 1.83. The molecule has 1 unspecified atom stereocenters. The monoisotopic (exact) mass is 290 g/mol. The summed E-state index contributed by atoms with van der Waals surface area (Å²) in [6.45, 7) is 0.382. The standard InChI is InChI=1S/C10H15BrN2O3/c1-13-5-7(11)3-9(13)10(15)12-4-8(14)6-16-2/h3,5,8,14H,4,6H2,1-2H3,(H,12,15). The minimum Gasteiger partial charge on any atom is -0.389 e. The Morgan fingerprint density at radius 2 is 2.44 bits per heavy atom. The predicted molar refractivity (Wildman–Crippen MR) is 63.3 cm³/mol. The number of carbonyl (C=O) groups excluding carboxylic acids is 1. The number of aliphatic hydroxyl groups is 1.